The zero-order valence-electron chi connectivity index (χ0n) is 21.9. The minimum absolute atomic E-state index is 0.0124. The Kier molecular flexibility index (Phi) is 9.84. The lowest BCUT2D eigenvalue weighted by Crippen LogP contribution is -2.54. The largest absolute Gasteiger partial charge is 0.469 e. The SMILES string of the molecule is COC(=O)CCC(=O)OC/C=C(\C)CCC1=C(C)C(=O)C[C@H]2[C@@](C)(COC(C)=O)C[C@H](O)C[C@]12C. The van der Waals surface area contributed by atoms with E-state index in [0.717, 1.165) is 16.7 Å². The molecule has 0 spiro atoms. The third kappa shape index (κ3) is 7.26. The molecule has 0 unspecified atom stereocenters. The Morgan fingerprint density at radius 2 is 1.71 bits per heavy atom. The second-order valence-corrected chi connectivity index (χ2v) is 10.5. The normalized spacial score (nSPS) is 28.9. The zero-order valence-corrected chi connectivity index (χ0v) is 21.9. The van der Waals surface area contributed by atoms with Crippen LogP contribution in [0.4, 0.5) is 0 Å². The number of ether oxygens (including phenoxy) is 3. The summed E-state index contributed by atoms with van der Waals surface area (Å²) in [6.45, 7) is 9.61. The number of allylic oxidation sites excluding steroid dienone is 3. The molecule has 0 heterocycles. The van der Waals surface area contributed by atoms with Gasteiger partial charge in [0.2, 0.25) is 0 Å². The molecule has 8 nitrogen and oxygen atoms in total. The number of esters is 3. The molecule has 35 heavy (non-hydrogen) atoms. The van der Waals surface area contributed by atoms with Crippen LogP contribution >= 0.6 is 0 Å². The van der Waals surface area contributed by atoms with E-state index in [4.69, 9.17) is 9.47 Å². The van der Waals surface area contributed by atoms with Gasteiger partial charge in [0, 0.05) is 18.8 Å². The lowest BCUT2D eigenvalue weighted by molar-refractivity contribution is -0.154. The summed E-state index contributed by atoms with van der Waals surface area (Å²) in [5.41, 5.74) is 1.95. The van der Waals surface area contributed by atoms with Crippen LogP contribution in [0.15, 0.2) is 22.8 Å². The van der Waals surface area contributed by atoms with E-state index < -0.39 is 23.5 Å². The summed E-state index contributed by atoms with van der Waals surface area (Å²) < 4.78 is 15.0. The summed E-state index contributed by atoms with van der Waals surface area (Å²) in [6, 6.07) is 0. The summed E-state index contributed by atoms with van der Waals surface area (Å²) in [5, 5.41) is 10.8. The van der Waals surface area contributed by atoms with Crippen LogP contribution in [0.3, 0.4) is 0 Å². The third-order valence-corrected chi connectivity index (χ3v) is 7.73. The molecule has 0 aliphatic heterocycles. The number of methoxy groups -OCH3 is 1. The monoisotopic (exact) mass is 492 g/mol. The van der Waals surface area contributed by atoms with Crippen LogP contribution in [0, 0.1) is 16.7 Å². The molecule has 8 heteroatoms. The van der Waals surface area contributed by atoms with Gasteiger partial charge in [-0.1, -0.05) is 25.0 Å². The minimum atomic E-state index is -0.547. The van der Waals surface area contributed by atoms with Crippen molar-refractivity contribution in [3.8, 4) is 0 Å². The molecule has 4 atom stereocenters. The van der Waals surface area contributed by atoms with Crippen LogP contribution in [0.25, 0.3) is 0 Å². The molecule has 0 bridgehead atoms. The maximum Gasteiger partial charge on any atom is 0.306 e. The molecule has 2 aliphatic carbocycles. The van der Waals surface area contributed by atoms with Gasteiger partial charge < -0.3 is 19.3 Å². The van der Waals surface area contributed by atoms with Crippen LogP contribution in [0.2, 0.25) is 0 Å². The van der Waals surface area contributed by atoms with Gasteiger partial charge in [-0.2, -0.15) is 0 Å². The van der Waals surface area contributed by atoms with Crippen molar-refractivity contribution in [3.05, 3.63) is 22.8 Å². The molecule has 0 radical (unpaired) electrons. The molecular weight excluding hydrogens is 452 g/mol. The second-order valence-electron chi connectivity index (χ2n) is 10.5. The van der Waals surface area contributed by atoms with Gasteiger partial charge in [-0.05, 0) is 62.5 Å². The fraction of sp³-hybridized carbons (Fsp3) is 0.704. The molecule has 2 rings (SSSR count). The van der Waals surface area contributed by atoms with Crippen LogP contribution in [-0.2, 0) is 33.4 Å². The fourth-order valence-electron chi connectivity index (χ4n) is 5.87. The summed E-state index contributed by atoms with van der Waals surface area (Å²) >= 11 is 0. The lowest BCUT2D eigenvalue weighted by atomic mass is 9.48. The quantitative estimate of drug-likeness (QED) is 0.278. The van der Waals surface area contributed by atoms with Gasteiger partial charge in [-0.25, -0.2) is 0 Å². The molecule has 0 aromatic rings. The van der Waals surface area contributed by atoms with E-state index in [1.807, 2.05) is 26.8 Å². The number of ketones is 1. The zero-order chi connectivity index (χ0) is 26.4. The van der Waals surface area contributed by atoms with Gasteiger partial charge >= 0.3 is 17.9 Å². The third-order valence-electron chi connectivity index (χ3n) is 7.73. The highest BCUT2D eigenvalue weighted by molar-refractivity contribution is 5.97. The maximum absolute atomic E-state index is 13.0. The summed E-state index contributed by atoms with van der Waals surface area (Å²) in [5.74, 6) is -1.22. The Balaban J connectivity index is 2.10. The number of rotatable bonds is 10. The molecule has 1 saturated carbocycles. The summed E-state index contributed by atoms with van der Waals surface area (Å²) in [6.07, 6.45) is 4.01. The van der Waals surface area contributed by atoms with E-state index in [1.165, 1.54) is 14.0 Å². The molecule has 1 N–H and O–H groups in total. The molecule has 196 valence electrons. The standard InChI is InChI=1S/C27H40O8/c1-17(11-12-34-25(32)10-9-24(31)33-6)7-8-21-18(2)22(30)13-23-26(4,16-35-19(3)28)14-20(29)15-27(21,23)5/h11,20,23,29H,7-10,12-16H2,1-6H3/b17-11+/t20-,23-,26+,27+/m0/s1. The summed E-state index contributed by atoms with van der Waals surface area (Å²) in [4.78, 5) is 47.4. The molecule has 0 amide bonds. The smallest absolute Gasteiger partial charge is 0.306 e. The second kappa shape index (κ2) is 12.0. The van der Waals surface area contributed by atoms with Gasteiger partial charge in [-0.15, -0.1) is 0 Å². The molecule has 0 aromatic carbocycles. The van der Waals surface area contributed by atoms with Gasteiger partial charge in [0.05, 0.1) is 32.7 Å². The molecular formula is C27H40O8. The van der Waals surface area contributed by atoms with Crippen LogP contribution in [0.1, 0.15) is 79.6 Å². The first-order valence-electron chi connectivity index (χ1n) is 12.3. The van der Waals surface area contributed by atoms with Crippen molar-refractivity contribution in [2.45, 2.75) is 85.7 Å². The molecule has 1 fully saturated rings. The van der Waals surface area contributed by atoms with Crippen molar-refractivity contribution < 1.29 is 38.5 Å². The van der Waals surface area contributed by atoms with Crippen LogP contribution in [-0.4, -0.2) is 55.2 Å². The number of fused-ring (bicyclic) bond motifs is 1. The van der Waals surface area contributed by atoms with Crippen molar-refractivity contribution in [3.63, 3.8) is 0 Å². The Morgan fingerprint density at radius 3 is 2.34 bits per heavy atom. The molecule has 2 aliphatic rings. The van der Waals surface area contributed by atoms with E-state index in [9.17, 15) is 24.3 Å². The first kappa shape index (κ1) is 28.8. The van der Waals surface area contributed by atoms with Crippen molar-refractivity contribution in [1.82, 2.24) is 0 Å². The molecule has 0 saturated heterocycles. The van der Waals surface area contributed by atoms with Gasteiger partial charge in [0.25, 0.3) is 0 Å². The highest BCUT2D eigenvalue weighted by Crippen LogP contribution is 2.60. The van der Waals surface area contributed by atoms with E-state index in [-0.39, 0.29) is 49.1 Å². The van der Waals surface area contributed by atoms with E-state index in [0.29, 0.717) is 32.1 Å². The number of carbonyl (C=O) groups excluding carboxylic acids is 4. The summed E-state index contributed by atoms with van der Waals surface area (Å²) in [7, 11) is 1.27. The van der Waals surface area contributed by atoms with E-state index in [1.54, 1.807) is 0 Å². The van der Waals surface area contributed by atoms with Gasteiger partial charge in [0.1, 0.15) is 6.61 Å². The van der Waals surface area contributed by atoms with Crippen LogP contribution < -0.4 is 0 Å². The van der Waals surface area contributed by atoms with Crippen molar-refractivity contribution in [2.75, 3.05) is 20.3 Å². The first-order valence-corrected chi connectivity index (χ1v) is 12.3. The molecule has 0 aromatic heterocycles. The van der Waals surface area contributed by atoms with Crippen LogP contribution in [0.5, 0.6) is 0 Å². The number of hydrogen-bond acceptors (Lipinski definition) is 8. The Labute approximate surface area is 208 Å². The number of aliphatic hydroxyl groups excluding tert-OH is 1. The number of hydrogen-bond donors (Lipinski definition) is 1. The van der Waals surface area contributed by atoms with E-state index >= 15 is 0 Å². The highest BCUT2D eigenvalue weighted by Gasteiger charge is 2.56. The Morgan fingerprint density at radius 1 is 1.06 bits per heavy atom. The predicted octanol–water partition coefficient (Wildman–Crippen LogP) is 3.85. The Bertz CT molecular complexity index is 901. The van der Waals surface area contributed by atoms with Crippen molar-refractivity contribution in [2.24, 2.45) is 16.7 Å². The van der Waals surface area contributed by atoms with Crippen molar-refractivity contribution >= 4 is 23.7 Å². The average molecular weight is 493 g/mol. The minimum Gasteiger partial charge on any atom is -0.469 e. The van der Waals surface area contributed by atoms with E-state index in [2.05, 4.69) is 11.7 Å². The maximum atomic E-state index is 13.0. The Hall–Kier alpha value is -2.48. The predicted molar refractivity (Wildman–Crippen MR) is 129 cm³/mol. The average Bonchev–Trinajstić information content (AvgIpc) is 2.77. The lowest BCUT2D eigenvalue weighted by Gasteiger charge is -2.56. The fourth-order valence-corrected chi connectivity index (χ4v) is 5.87. The number of Topliss-reactive ketones (excluding diaryl/α,β-unsaturated/α-hetero) is 1. The highest BCUT2D eigenvalue weighted by atomic mass is 16.5. The van der Waals surface area contributed by atoms with Gasteiger partial charge in [-0.3, -0.25) is 19.2 Å². The first-order chi connectivity index (χ1) is 16.3. The topological polar surface area (TPSA) is 116 Å². The van der Waals surface area contributed by atoms with Crippen molar-refractivity contribution in [1.29, 1.82) is 0 Å². The van der Waals surface area contributed by atoms with Gasteiger partial charge in [0.15, 0.2) is 5.78 Å². The number of carbonyl (C=O) groups is 4. The number of aliphatic hydroxyl groups is 1.